The van der Waals surface area contributed by atoms with Gasteiger partial charge in [0, 0.05) is 0 Å². The van der Waals surface area contributed by atoms with Crippen LogP contribution in [0.15, 0.2) is 23.8 Å². The maximum absolute atomic E-state index is 10.8. The Morgan fingerprint density at radius 3 is 2.82 bits per heavy atom. The summed E-state index contributed by atoms with van der Waals surface area (Å²) in [5.74, 6) is -1.06. The van der Waals surface area contributed by atoms with E-state index in [2.05, 4.69) is 0 Å². The summed E-state index contributed by atoms with van der Waals surface area (Å²) >= 11 is 0. The molecule has 0 saturated heterocycles. The Bertz CT molecular complexity index is 569. The normalized spacial score (nSPS) is 21.6. The molecule has 0 bridgehead atoms. The zero-order chi connectivity index (χ0) is 12.6. The van der Waals surface area contributed by atoms with E-state index >= 15 is 0 Å². The van der Waals surface area contributed by atoms with E-state index in [4.69, 9.17) is 10.4 Å². The number of fused-ring (bicyclic) bond motifs is 1. The molecule has 1 aromatic rings. The Morgan fingerprint density at radius 2 is 2.24 bits per heavy atom. The summed E-state index contributed by atoms with van der Waals surface area (Å²) in [5, 5.41) is 28.0. The molecule has 4 heteroatoms. The number of benzene rings is 1. The van der Waals surface area contributed by atoms with Gasteiger partial charge in [0.1, 0.15) is 5.60 Å². The van der Waals surface area contributed by atoms with Crippen LogP contribution in [0.2, 0.25) is 0 Å². The number of carbonyl (C=O) groups is 1. The Kier molecular flexibility index (Phi) is 2.49. The number of aliphatic hydroxyl groups is 1. The molecule has 0 heterocycles. The summed E-state index contributed by atoms with van der Waals surface area (Å²) in [5.41, 5.74) is 0.897. The molecule has 0 aliphatic heterocycles. The Labute approximate surface area is 98.4 Å². The fourth-order valence-corrected chi connectivity index (χ4v) is 2.15. The van der Waals surface area contributed by atoms with Gasteiger partial charge in [-0.05, 0) is 35.8 Å². The average molecular weight is 229 g/mol. The van der Waals surface area contributed by atoms with Gasteiger partial charge in [-0.25, -0.2) is 0 Å². The lowest BCUT2D eigenvalue weighted by Crippen LogP contribution is -2.28. The minimum Gasteiger partial charge on any atom is -0.481 e. The van der Waals surface area contributed by atoms with Crippen LogP contribution in [0.4, 0.5) is 0 Å². The average Bonchev–Trinajstić information content (AvgIpc) is 2.49. The van der Waals surface area contributed by atoms with E-state index < -0.39 is 11.6 Å². The number of aliphatic carboxylic acids is 1. The van der Waals surface area contributed by atoms with Gasteiger partial charge in [0.15, 0.2) is 0 Å². The van der Waals surface area contributed by atoms with Crippen LogP contribution >= 0.6 is 0 Å². The van der Waals surface area contributed by atoms with E-state index in [1.807, 2.05) is 6.07 Å². The van der Waals surface area contributed by atoms with Crippen LogP contribution in [-0.2, 0) is 10.4 Å². The molecule has 1 aromatic carbocycles. The van der Waals surface area contributed by atoms with Crippen molar-refractivity contribution in [1.29, 1.82) is 5.26 Å². The summed E-state index contributed by atoms with van der Waals surface area (Å²) in [6, 6.07) is 6.86. The molecule has 2 N–H and O–H groups in total. The number of rotatable bonds is 2. The number of hydrogen-bond donors (Lipinski definition) is 2. The molecule has 0 amide bonds. The van der Waals surface area contributed by atoms with Crippen molar-refractivity contribution in [3.63, 3.8) is 0 Å². The van der Waals surface area contributed by atoms with E-state index in [9.17, 15) is 9.90 Å². The minimum absolute atomic E-state index is 0.367. The highest BCUT2D eigenvalue weighted by Gasteiger charge is 2.39. The van der Waals surface area contributed by atoms with Crippen molar-refractivity contribution in [2.24, 2.45) is 0 Å². The highest BCUT2D eigenvalue weighted by atomic mass is 16.4. The van der Waals surface area contributed by atoms with Crippen LogP contribution in [0.5, 0.6) is 0 Å². The van der Waals surface area contributed by atoms with Gasteiger partial charge in [0.2, 0.25) is 0 Å². The molecule has 1 aliphatic rings. The van der Waals surface area contributed by atoms with Crippen LogP contribution in [0.1, 0.15) is 30.0 Å². The summed E-state index contributed by atoms with van der Waals surface area (Å²) in [6.45, 7) is 1.69. The maximum atomic E-state index is 10.8. The molecule has 0 spiro atoms. The molecule has 1 atom stereocenters. The first-order valence-corrected chi connectivity index (χ1v) is 5.15. The summed E-state index contributed by atoms with van der Waals surface area (Å²) in [6.07, 6.45) is 1.35. The van der Waals surface area contributed by atoms with Gasteiger partial charge in [0.25, 0.3) is 0 Å². The molecular formula is C13H11NO3. The fraction of sp³-hybridized carbons (Fsp3) is 0.231. The first-order valence-electron chi connectivity index (χ1n) is 5.15. The zero-order valence-corrected chi connectivity index (χ0v) is 9.27. The standard InChI is InChI=1S/C13H11NO3/c1-8-4-10-5-9(7-14)2-3-11(10)13(8,17)6-12(15)16/h2-5,17H,6H2,1H3,(H,15,16). The molecule has 0 radical (unpaired) electrons. The van der Waals surface area contributed by atoms with Gasteiger partial charge in [0.05, 0.1) is 18.1 Å². The van der Waals surface area contributed by atoms with E-state index in [1.165, 1.54) is 0 Å². The van der Waals surface area contributed by atoms with E-state index in [-0.39, 0.29) is 6.42 Å². The Balaban J connectivity index is 2.54. The van der Waals surface area contributed by atoms with Crippen LogP contribution in [0.25, 0.3) is 6.08 Å². The predicted octanol–water partition coefficient (Wildman–Crippen LogP) is 1.64. The third-order valence-corrected chi connectivity index (χ3v) is 3.06. The molecular weight excluding hydrogens is 218 g/mol. The fourth-order valence-electron chi connectivity index (χ4n) is 2.15. The first kappa shape index (κ1) is 11.4. The molecule has 1 aliphatic carbocycles. The predicted molar refractivity (Wildman–Crippen MR) is 61.0 cm³/mol. The number of carboxylic acids is 1. The quantitative estimate of drug-likeness (QED) is 0.807. The lowest BCUT2D eigenvalue weighted by molar-refractivity contribution is -0.141. The van der Waals surface area contributed by atoms with Crippen molar-refractivity contribution in [3.8, 4) is 6.07 Å². The minimum atomic E-state index is -1.45. The Morgan fingerprint density at radius 1 is 1.53 bits per heavy atom. The smallest absolute Gasteiger partial charge is 0.306 e. The number of nitrogens with zero attached hydrogens (tertiary/aromatic N) is 1. The monoisotopic (exact) mass is 229 g/mol. The lowest BCUT2D eigenvalue weighted by Gasteiger charge is -2.24. The van der Waals surface area contributed by atoms with Crippen LogP contribution in [-0.4, -0.2) is 16.2 Å². The van der Waals surface area contributed by atoms with Gasteiger partial charge in [-0.15, -0.1) is 0 Å². The van der Waals surface area contributed by atoms with Gasteiger partial charge < -0.3 is 10.2 Å². The highest BCUT2D eigenvalue weighted by molar-refractivity contribution is 5.76. The van der Waals surface area contributed by atoms with Crippen molar-refractivity contribution >= 4 is 12.0 Å². The van der Waals surface area contributed by atoms with Gasteiger partial charge in [-0.2, -0.15) is 5.26 Å². The maximum Gasteiger partial charge on any atom is 0.306 e. The van der Waals surface area contributed by atoms with E-state index in [1.54, 1.807) is 31.2 Å². The van der Waals surface area contributed by atoms with Crippen LogP contribution < -0.4 is 0 Å². The second-order valence-electron chi connectivity index (χ2n) is 4.17. The molecule has 86 valence electrons. The summed E-state index contributed by atoms with van der Waals surface area (Å²) < 4.78 is 0. The van der Waals surface area contributed by atoms with Crippen LogP contribution in [0, 0.1) is 11.3 Å². The second-order valence-corrected chi connectivity index (χ2v) is 4.17. The van der Waals surface area contributed by atoms with Gasteiger partial charge in [-0.3, -0.25) is 4.79 Å². The summed E-state index contributed by atoms with van der Waals surface area (Å²) in [7, 11) is 0. The van der Waals surface area contributed by atoms with Gasteiger partial charge >= 0.3 is 5.97 Å². The SMILES string of the molecule is CC1=Cc2cc(C#N)ccc2C1(O)CC(=O)O. The molecule has 0 fully saturated rings. The van der Waals surface area contributed by atoms with Crippen molar-refractivity contribution in [2.75, 3.05) is 0 Å². The van der Waals surface area contributed by atoms with Crippen molar-refractivity contribution < 1.29 is 15.0 Å². The van der Waals surface area contributed by atoms with Crippen molar-refractivity contribution in [2.45, 2.75) is 18.9 Å². The van der Waals surface area contributed by atoms with Gasteiger partial charge in [-0.1, -0.05) is 12.1 Å². The second kappa shape index (κ2) is 3.72. The van der Waals surface area contributed by atoms with Crippen molar-refractivity contribution in [1.82, 2.24) is 0 Å². The third-order valence-electron chi connectivity index (χ3n) is 3.06. The number of hydrogen-bond acceptors (Lipinski definition) is 3. The highest BCUT2D eigenvalue weighted by Crippen LogP contribution is 2.42. The molecule has 2 rings (SSSR count). The Hall–Kier alpha value is -2.12. The molecule has 1 unspecified atom stereocenters. The van der Waals surface area contributed by atoms with Crippen molar-refractivity contribution in [3.05, 3.63) is 40.5 Å². The number of carboxylic acid groups (broad SMARTS) is 1. The molecule has 4 nitrogen and oxygen atoms in total. The molecule has 17 heavy (non-hydrogen) atoms. The topological polar surface area (TPSA) is 81.3 Å². The largest absolute Gasteiger partial charge is 0.481 e. The zero-order valence-electron chi connectivity index (χ0n) is 9.27. The third kappa shape index (κ3) is 1.71. The van der Waals surface area contributed by atoms with Crippen LogP contribution in [0.3, 0.4) is 0 Å². The van der Waals surface area contributed by atoms with E-state index in [0.717, 1.165) is 0 Å². The first-order chi connectivity index (χ1) is 7.97. The lowest BCUT2D eigenvalue weighted by atomic mass is 9.87. The molecule has 0 saturated carbocycles. The summed E-state index contributed by atoms with van der Waals surface area (Å²) in [4.78, 5) is 10.8. The molecule has 0 aromatic heterocycles. The number of nitriles is 1. The van der Waals surface area contributed by atoms with E-state index in [0.29, 0.717) is 22.3 Å².